The lowest BCUT2D eigenvalue weighted by Crippen LogP contribution is -2.52. The van der Waals surface area contributed by atoms with Crippen molar-refractivity contribution in [2.45, 2.75) is 37.8 Å². The Bertz CT molecular complexity index is 1550. The van der Waals surface area contributed by atoms with E-state index in [-0.39, 0.29) is 35.0 Å². The average Bonchev–Trinajstić information content (AvgIpc) is 3.03. The van der Waals surface area contributed by atoms with Crippen molar-refractivity contribution in [2.24, 2.45) is 0 Å². The van der Waals surface area contributed by atoms with E-state index in [0.717, 1.165) is 4.31 Å². The van der Waals surface area contributed by atoms with Gasteiger partial charge in [-0.25, -0.2) is 12.8 Å². The summed E-state index contributed by atoms with van der Waals surface area (Å²) in [4.78, 5) is 28.4. The number of nitrogens with zero attached hydrogens (tertiary/aromatic N) is 2. The topological polar surface area (TPSA) is 124 Å². The molecule has 11 nitrogen and oxygen atoms in total. The molecule has 0 saturated heterocycles. The molecular formula is C31H38FN3O8S. The molecule has 1 N–H and O–H groups in total. The minimum Gasteiger partial charge on any atom is -0.497 e. The highest BCUT2D eigenvalue weighted by atomic mass is 32.2. The molecule has 3 aromatic rings. The van der Waals surface area contributed by atoms with Crippen molar-refractivity contribution in [3.05, 3.63) is 72.0 Å². The van der Waals surface area contributed by atoms with Crippen molar-refractivity contribution in [1.82, 2.24) is 10.2 Å². The molecule has 0 heterocycles. The van der Waals surface area contributed by atoms with Crippen LogP contribution in [0.3, 0.4) is 0 Å². The molecule has 0 fully saturated rings. The van der Waals surface area contributed by atoms with Crippen LogP contribution in [-0.4, -0.2) is 72.7 Å². The fourth-order valence-corrected chi connectivity index (χ4v) is 6.04. The van der Waals surface area contributed by atoms with E-state index in [0.29, 0.717) is 23.6 Å². The van der Waals surface area contributed by atoms with Crippen LogP contribution in [0.25, 0.3) is 0 Å². The first-order chi connectivity index (χ1) is 21.0. The molecule has 2 amide bonds. The number of nitrogens with one attached hydrogen (secondary N) is 1. The van der Waals surface area contributed by atoms with Gasteiger partial charge >= 0.3 is 0 Å². The Balaban J connectivity index is 2.19. The van der Waals surface area contributed by atoms with Gasteiger partial charge in [0.25, 0.3) is 10.0 Å². The Morgan fingerprint density at radius 2 is 1.48 bits per heavy atom. The fourth-order valence-electron chi connectivity index (χ4n) is 4.61. The summed E-state index contributed by atoms with van der Waals surface area (Å²) in [7, 11) is 1.12. The summed E-state index contributed by atoms with van der Waals surface area (Å²) in [6, 6.07) is 13.2. The quantitative estimate of drug-likeness (QED) is 0.267. The van der Waals surface area contributed by atoms with Gasteiger partial charge in [-0.1, -0.05) is 19.1 Å². The van der Waals surface area contributed by atoms with Crippen LogP contribution in [0.5, 0.6) is 23.0 Å². The number of carbonyl (C=O) groups excluding carboxylic acids is 2. The largest absolute Gasteiger partial charge is 0.497 e. The summed E-state index contributed by atoms with van der Waals surface area (Å²) in [6.45, 7) is 3.04. The number of carbonyl (C=O) groups is 2. The van der Waals surface area contributed by atoms with E-state index >= 15 is 0 Å². The Kier molecular flexibility index (Phi) is 11.8. The number of hydrogen-bond donors (Lipinski definition) is 1. The van der Waals surface area contributed by atoms with Crippen LogP contribution in [0.1, 0.15) is 25.8 Å². The maximum Gasteiger partial charge on any atom is 0.265 e. The molecule has 44 heavy (non-hydrogen) atoms. The highest BCUT2D eigenvalue weighted by Gasteiger charge is 2.35. The van der Waals surface area contributed by atoms with Gasteiger partial charge in [0.05, 0.1) is 39.0 Å². The maximum atomic E-state index is 14.3. The highest BCUT2D eigenvalue weighted by Crippen LogP contribution is 2.37. The zero-order chi connectivity index (χ0) is 32.4. The Morgan fingerprint density at radius 1 is 0.841 bits per heavy atom. The van der Waals surface area contributed by atoms with Crippen LogP contribution in [0.4, 0.5) is 10.1 Å². The third-order valence-corrected chi connectivity index (χ3v) is 8.64. The Morgan fingerprint density at radius 3 is 2.05 bits per heavy atom. The number of methoxy groups -OCH3 is 4. The van der Waals surface area contributed by atoms with Gasteiger partial charge in [-0.2, -0.15) is 0 Å². The normalized spacial score (nSPS) is 11.7. The number of amides is 2. The number of sulfonamides is 1. The summed E-state index contributed by atoms with van der Waals surface area (Å²) in [5, 5.41) is 2.74. The number of likely N-dealkylation sites (N-methyl/N-ethyl adjacent to an activating group) is 1. The van der Waals surface area contributed by atoms with E-state index in [1.165, 1.54) is 87.9 Å². The molecule has 3 rings (SSSR count). The first-order valence-electron chi connectivity index (χ1n) is 13.8. The summed E-state index contributed by atoms with van der Waals surface area (Å²) < 4.78 is 64.7. The standard InChI is InChI=1S/C31H38FN3O8S/c1-7-25(31(37)33-8-2)34(19-21-9-11-22(32)12-10-21)30(36)20-35(26-17-23(40-3)13-15-27(26)41-4)44(38,39)24-14-16-28(42-5)29(18-24)43-6/h9-18,25H,7-8,19-20H2,1-6H3,(H,33,37). The number of halogens is 1. The highest BCUT2D eigenvalue weighted by molar-refractivity contribution is 7.92. The van der Waals surface area contributed by atoms with Crippen molar-refractivity contribution >= 4 is 27.5 Å². The molecule has 1 unspecified atom stereocenters. The van der Waals surface area contributed by atoms with Crippen LogP contribution in [0.15, 0.2) is 65.6 Å². The van der Waals surface area contributed by atoms with Gasteiger partial charge in [0.2, 0.25) is 11.8 Å². The summed E-state index contributed by atoms with van der Waals surface area (Å²) in [6.07, 6.45) is 0.240. The van der Waals surface area contributed by atoms with E-state index in [1.54, 1.807) is 19.9 Å². The molecule has 3 aromatic carbocycles. The summed E-state index contributed by atoms with van der Waals surface area (Å²) >= 11 is 0. The van der Waals surface area contributed by atoms with Crippen LogP contribution in [0, 0.1) is 5.82 Å². The molecule has 0 aliphatic carbocycles. The molecular weight excluding hydrogens is 593 g/mol. The molecule has 0 spiro atoms. The molecule has 13 heteroatoms. The van der Waals surface area contributed by atoms with Crippen LogP contribution >= 0.6 is 0 Å². The number of anilines is 1. The second-order valence-electron chi connectivity index (χ2n) is 9.53. The SMILES string of the molecule is CCNC(=O)C(CC)N(Cc1ccc(F)cc1)C(=O)CN(c1cc(OC)ccc1OC)S(=O)(=O)c1ccc(OC)c(OC)c1. The monoisotopic (exact) mass is 631 g/mol. The van der Waals surface area contributed by atoms with E-state index in [4.69, 9.17) is 18.9 Å². The van der Waals surface area contributed by atoms with E-state index < -0.39 is 40.2 Å². The second-order valence-corrected chi connectivity index (χ2v) is 11.4. The second kappa shape index (κ2) is 15.3. The molecule has 1 atom stereocenters. The first kappa shape index (κ1) is 34.0. The Hall–Kier alpha value is -4.52. The molecule has 0 aliphatic heterocycles. The smallest absolute Gasteiger partial charge is 0.265 e. The van der Waals surface area contributed by atoms with Gasteiger partial charge in [0.15, 0.2) is 11.5 Å². The molecule has 0 saturated carbocycles. The third kappa shape index (κ3) is 7.70. The van der Waals surface area contributed by atoms with Crippen LogP contribution < -0.4 is 28.6 Å². The first-order valence-corrected chi connectivity index (χ1v) is 15.3. The van der Waals surface area contributed by atoms with Crippen molar-refractivity contribution in [3.63, 3.8) is 0 Å². The van der Waals surface area contributed by atoms with E-state index in [9.17, 15) is 22.4 Å². The van der Waals surface area contributed by atoms with Gasteiger partial charge in [0, 0.05) is 25.2 Å². The minimum absolute atomic E-state index is 0.0303. The van der Waals surface area contributed by atoms with Crippen molar-refractivity contribution in [3.8, 4) is 23.0 Å². The van der Waals surface area contributed by atoms with Crippen molar-refractivity contribution < 1.29 is 41.3 Å². The zero-order valence-corrected chi connectivity index (χ0v) is 26.4. The lowest BCUT2D eigenvalue weighted by Gasteiger charge is -2.33. The summed E-state index contributed by atoms with van der Waals surface area (Å²) in [5.74, 6) is -0.593. The molecule has 0 aliphatic rings. The van der Waals surface area contributed by atoms with Gasteiger partial charge < -0.3 is 29.2 Å². The molecule has 0 radical (unpaired) electrons. The van der Waals surface area contributed by atoms with E-state index in [2.05, 4.69) is 5.32 Å². The lowest BCUT2D eigenvalue weighted by molar-refractivity contribution is -0.140. The number of ether oxygens (including phenoxy) is 4. The van der Waals surface area contributed by atoms with Gasteiger partial charge in [-0.15, -0.1) is 0 Å². The van der Waals surface area contributed by atoms with Gasteiger partial charge in [-0.3, -0.25) is 13.9 Å². The lowest BCUT2D eigenvalue weighted by atomic mass is 10.1. The van der Waals surface area contributed by atoms with Crippen molar-refractivity contribution in [2.75, 3.05) is 45.8 Å². The molecule has 0 aromatic heterocycles. The Labute approximate surface area is 257 Å². The number of benzene rings is 3. The predicted molar refractivity (Wildman–Crippen MR) is 163 cm³/mol. The fraction of sp³-hybridized carbons (Fsp3) is 0.355. The van der Waals surface area contributed by atoms with Gasteiger partial charge in [-0.05, 0) is 55.3 Å². The van der Waals surface area contributed by atoms with Crippen molar-refractivity contribution in [1.29, 1.82) is 0 Å². The maximum absolute atomic E-state index is 14.3. The average molecular weight is 632 g/mol. The van der Waals surface area contributed by atoms with Crippen LogP contribution in [0.2, 0.25) is 0 Å². The van der Waals surface area contributed by atoms with E-state index in [1.807, 2.05) is 0 Å². The van der Waals surface area contributed by atoms with Gasteiger partial charge in [0.1, 0.15) is 29.9 Å². The molecule has 238 valence electrons. The zero-order valence-electron chi connectivity index (χ0n) is 25.6. The minimum atomic E-state index is -4.47. The molecule has 0 bridgehead atoms. The number of hydrogen-bond acceptors (Lipinski definition) is 8. The summed E-state index contributed by atoms with van der Waals surface area (Å²) in [5.41, 5.74) is 0.582. The van der Waals surface area contributed by atoms with Crippen LogP contribution in [-0.2, 0) is 26.2 Å². The predicted octanol–water partition coefficient (Wildman–Crippen LogP) is 4.00. The third-order valence-electron chi connectivity index (χ3n) is 6.88. The number of rotatable bonds is 15.